The number of ether oxygens (including phenoxy) is 3. The SMILES string of the molecule is COc1cc(OC)c(OC)cc1/C=C1\C(=O)NC(=O)N(c2ccc(C)cc2)C1=O. The first kappa shape index (κ1) is 19.9. The summed E-state index contributed by atoms with van der Waals surface area (Å²) in [5.74, 6) is -0.327. The summed E-state index contributed by atoms with van der Waals surface area (Å²) in [6, 6.07) is 9.17. The van der Waals surface area contributed by atoms with Crippen LogP contribution in [0.2, 0.25) is 0 Å². The van der Waals surface area contributed by atoms with Gasteiger partial charge in [0.25, 0.3) is 11.8 Å². The van der Waals surface area contributed by atoms with Crippen LogP contribution in [0.3, 0.4) is 0 Å². The molecule has 29 heavy (non-hydrogen) atoms. The van der Waals surface area contributed by atoms with Crippen molar-refractivity contribution in [2.24, 2.45) is 0 Å². The Bertz CT molecular complexity index is 1010. The van der Waals surface area contributed by atoms with E-state index >= 15 is 0 Å². The minimum atomic E-state index is -0.805. The Hall–Kier alpha value is -3.81. The van der Waals surface area contributed by atoms with Crippen LogP contribution < -0.4 is 24.4 Å². The summed E-state index contributed by atoms with van der Waals surface area (Å²) >= 11 is 0. The van der Waals surface area contributed by atoms with Crippen molar-refractivity contribution in [2.45, 2.75) is 6.92 Å². The first-order valence-corrected chi connectivity index (χ1v) is 8.67. The number of carbonyl (C=O) groups is 3. The monoisotopic (exact) mass is 396 g/mol. The summed E-state index contributed by atoms with van der Waals surface area (Å²) in [5, 5.41) is 2.19. The Morgan fingerprint density at radius 1 is 0.862 bits per heavy atom. The molecule has 0 spiro atoms. The summed E-state index contributed by atoms with van der Waals surface area (Å²) < 4.78 is 15.9. The van der Waals surface area contributed by atoms with E-state index in [1.807, 2.05) is 6.92 Å². The molecule has 0 aliphatic carbocycles. The number of urea groups is 1. The van der Waals surface area contributed by atoms with E-state index in [0.29, 0.717) is 28.5 Å². The van der Waals surface area contributed by atoms with E-state index in [1.165, 1.54) is 27.4 Å². The second-order valence-electron chi connectivity index (χ2n) is 6.24. The molecule has 3 rings (SSSR count). The van der Waals surface area contributed by atoms with Gasteiger partial charge in [0.05, 0.1) is 27.0 Å². The van der Waals surface area contributed by atoms with Crippen LogP contribution in [0.5, 0.6) is 17.2 Å². The van der Waals surface area contributed by atoms with Crippen molar-refractivity contribution < 1.29 is 28.6 Å². The first-order chi connectivity index (χ1) is 13.9. The Labute approximate surface area is 167 Å². The largest absolute Gasteiger partial charge is 0.496 e. The van der Waals surface area contributed by atoms with E-state index in [2.05, 4.69) is 5.32 Å². The molecule has 0 unspecified atom stereocenters. The van der Waals surface area contributed by atoms with E-state index in [0.717, 1.165) is 10.5 Å². The Morgan fingerprint density at radius 3 is 2.03 bits per heavy atom. The van der Waals surface area contributed by atoms with Crippen LogP contribution >= 0.6 is 0 Å². The molecule has 0 atom stereocenters. The lowest BCUT2D eigenvalue weighted by Gasteiger charge is -2.26. The summed E-state index contributed by atoms with van der Waals surface area (Å²) in [6.45, 7) is 1.89. The molecule has 8 heteroatoms. The van der Waals surface area contributed by atoms with Gasteiger partial charge in [-0.15, -0.1) is 0 Å². The molecule has 1 aliphatic heterocycles. The molecule has 1 N–H and O–H groups in total. The molecular weight excluding hydrogens is 376 g/mol. The summed E-state index contributed by atoms with van der Waals surface area (Å²) in [5.41, 5.74) is 1.54. The topological polar surface area (TPSA) is 94.2 Å². The van der Waals surface area contributed by atoms with Crippen molar-refractivity contribution in [3.8, 4) is 17.2 Å². The molecule has 2 aromatic carbocycles. The number of benzene rings is 2. The van der Waals surface area contributed by atoms with Crippen LogP contribution in [0.4, 0.5) is 10.5 Å². The number of barbiturate groups is 1. The zero-order valence-electron chi connectivity index (χ0n) is 16.4. The number of imide groups is 2. The normalized spacial score (nSPS) is 15.4. The number of amides is 4. The average Bonchev–Trinajstić information content (AvgIpc) is 2.71. The second-order valence-corrected chi connectivity index (χ2v) is 6.24. The number of methoxy groups -OCH3 is 3. The number of hydrogen-bond donors (Lipinski definition) is 1. The lowest BCUT2D eigenvalue weighted by molar-refractivity contribution is -0.122. The van der Waals surface area contributed by atoms with Crippen molar-refractivity contribution in [2.75, 3.05) is 26.2 Å². The predicted octanol–water partition coefficient (Wildman–Crippen LogP) is 2.69. The fraction of sp³-hybridized carbons (Fsp3) is 0.190. The van der Waals surface area contributed by atoms with E-state index in [4.69, 9.17) is 14.2 Å². The van der Waals surface area contributed by atoms with Gasteiger partial charge < -0.3 is 14.2 Å². The molecule has 1 fully saturated rings. The van der Waals surface area contributed by atoms with Crippen molar-refractivity contribution >= 4 is 29.6 Å². The highest BCUT2D eigenvalue weighted by molar-refractivity contribution is 6.39. The highest BCUT2D eigenvalue weighted by atomic mass is 16.5. The van der Waals surface area contributed by atoms with Crippen LogP contribution in [0, 0.1) is 6.92 Å². The number of hydrogen-bond acceptors (Lipinski definition) is 6. The number of nitrogens with one attached hydrogen (secondary N) is 1. The minimum Gasteiger partial charge on any atom is -0.496 e. The minimum absolute atomic E-state index is 0.212. The van der Waals surface area contributed by atoms with Crippen LogP contribution in [-0.2, 0) is 9.59 Å². The molecule has 4 amide bonds. The second kappa shape index (κ2) is 8.05. The molecule has 1 aliphatic rings. The Balaban J connectivity index is 2.08. The summed E-state index contributed by atoms with van der Waals surface area (Å²) in [6.07, 6.45) is 1.35. The van der Waals surface area contributed by atoms with Crippen molar-refractivity contribution in [3.05, 3.63) is 53.1 Å². The molecule has 150 valence electrons. The zero-order valence-corrected chi connectivity index (χ0v) is 16.4. The molecule has 1 saturated heterocycles. The van der Waals surface area contributed by atoms with Gasteiger partial charge in [-0.2, -0.15) is 0 Å². The summed E-state index contributed by atoms with van der Waals surface area (Å²) in [7, 11) is 4.41. The number of nitrogens with zero attached hydrogens (tertiary/aromatic N) is 1. The van der Waals surface area contributed by atoms with Crippen LogP contribution in [0.15, 0.2) is 42.0 Å². The van der Waals surface area contributed by atoms with Gasteiger partial charge in [-0.3, -0.25) is 14.9 Å². The van der Waals surface area contributed by atoms with Crippen LogP contribution in [-0.4, -0.2) is 39.2 Å². The number of anilines is 1. The van der Waals surface area contributed by atoms with Crippen LogP contribution in [0.1, 0.15) is 11.1 Å². The predicted molar refractivity (Wildman–Crippen MR) is 106 cm³/mol. The standard InChI is InChI=1S/C21H20N2O6/c1-12-5-7-14(8-6-12)23-20(25)15(19(24)22-21(23)26)9-13-10-17(28-3)18(29-4)11-16(13)27-2/h5-11H,1-4H3,(H,22,24,26)/b15-9+. The molecule has 0 saturated carbocycles. The van der Waals surface area contributed by atoms with Crippen molar-refractivity contribution in [3.63, 3.8) is 0 Å². The smallest absolute Gasteiger partial charge is 0.335 e. The zero-order chi connectivity index (χ0) is 21.1. The van der Waals surface area contributed by atoms with E-state index in [9.17, 15) is 14.4 Å². The van der Waals surface area contributed by atoms with Crippen molar-refractivity contribution in [1.82, 2.24) is 5.32 Å². The maximum Gasteiger partial charge on any atom is 0.335 e. The van der Waals surface area contributed by atoms with Gasteiger partial charge in [-0.05, 0) is 31.2 Å². The highest BCUT2D eigenvalue weighted by Crippen LogP contribution is 2.36. The third-order valence-corrected chi connectivity index (χ3v) is 4.43. The van der Waals surface area contributed by atoms with Gasteiger partial charge in [0, 0.05) is 11.6 Å². The fourth-order valence-electron chi connectivity index (χ4n) is 2.91. The van der Waals surface area contributed by atoms with Gasteiger partial charge in [-0.1, -0.05) is 17.7 Å². The molecular formula is C21H20N2O6. The molecule has 0 radical (unpaired) electrons. The number of rotatable bonds is 5. The highest BCUT2D eigenvalue weighted by Gasteiger charge is 2.37. The fourth-order valence-corrected chi connectivity index (χ4v) is 2.91. The lowest BCUT2D eigenvalue weighted by atomic mass is 10.0. The maximum absolute atomic E-state index is 13.0. The number of carbonyl (C=O) groups excluding carboxylic acids is 3. The molecule has 0 aromatic heterocycles. The van der Waals surface area contributed by atoms with E-state index < -0.39 is 17.8 Å². The van der Waals surface area contributed by atoms with E-state index in [1.54, 1.807) is 36.4 Å². The summed E-state index contributed by atoms with van der Waals surface area (Å²) in [4.78, 5) is 38.6. The first-order valence-electron chi connectivity index (χ1n) is 8.67. The van der Waals surface area contributed by atoms with Gasteiger partial charge in [0.1, 0.15) is 11.3 Å². The molecule has 0 bridgehead atoms. The third kappa shape index (κ3) is 3.77. The Morgan fingerprint density at radius 2 is 1.45 bits per heavy atom. The Kier molecular flexibility index (Phi) is 5.54. The lowest BCUT2D eigenvalue weighted by Crippen LogP contribution is -2.54. The van der Waals surface area contributed by atoms with Crippen LogP contribution in [0.25, 0.3) is 6.08 Å². The molecule has 8 nitrogen and oxygen atoms in total. The quantitative estimate of drug-likeness (QED) is 0.617. The molecule has 2 aromatic rings. The third-order valence-electron chi connectivity index (χ3n) is 4.43. The maximum atomic E-state index is 13.0. The number of aryl methyl sites for hydroxylation is 1. The van der Waals surface area contributed by atoms with Gasteiger partial charge in [0.15, 0.2) is 11.5 Å². The average molecular weight is 396 g/mol. The van der Waals surface area contributed by atoms with Gasteiger partial charge in [0.2, 0.25) is 0 Å². The van der Waals surface area contributed by atoms with E-state index in [-0.39, 0.29) is 5.57 Å². The molecule has 1 heterocycles. The van der Waals surface area contributed by atoms with Crippen molar-refractivity contribution in [1.29, 1.82) is 0 Å². The van der Waals surface area contributed by atoms with Gasteiger partial charge >= 0.3 is 6.03 Å². The van der Waals surface area contributed by atoms with Gasteiger partial charge in [-0.25, -0.2) is 9.69 Å².